The third-order valence-electron chi connectivity index (χ3n) is 1.31. The van der Waals surface area contributed by atoms with E-state index in [1.54, 1.807) is 0 Å². The van der Waals surface area contributed by atoms with Crippen molar-refractivity contribution in [2.24, 2.45) is 0 Å². The molecule has 0 amide bonds. The van der Waals surface area contributed by atoms with Crippen molar-refractivity contribution in [2.45, 2.75) is 31.7 Å². The van der Waals surface area contributed by atoms with E-state index < -0.39 is 18.3 Å². The van der Waals surface area contributed by atoms with Crippen molar-refractivity contribution in [3.05, 3.63) is 0 Å². The lowest BCUT2D eigenvalue weighted by molar-refractivity contribution is -0.0586. The number of hydrogen-bond donors (Lipinski definition) is 4. The predicted octanol–water partition coefficient (Wildman–Crippen LogP) is -1.53. The van der Waals surface area contributed by atoms with E-state index in [0.717, 1.165) is 0 Å². The van der Waals surface area contributed by atoms with E-state index in [1.165, 1.54) is 6.92 Å². The van der Waals surface area contributed by atoms with Crippen LogP contribution in [0, 0.1) is 0 Å². The number of aliphatic hydroxyl groups is 4. The Hall–Kier alpha value is -0.160. The topological polar surface area (TPSA) is 80.9 Å². The van der Waals surface area contributed by atoms with Gasteiger partial charge in [-0.25, -0.2) is 0 Å². The third-order valence-corrected chi connectivity index (χ3v) is 1.31. The molecule has 0 radical (unpaired) electrons. The molecule has 0 heterocycles. The van der Waals surface area contributed by atoms with E-state index in [4.69, 9.17) is 20.4 Å². The van der Waals surface area contributed by atoms with Gasteiger partial charge in [0.25, 0.3) is 0 Å². The number of aliphatic hydroxyl groups excluding tert-OH is 4. The van der Waals surface area contributed by atoms with Gasteiger partial charge in [0.05, 0.1) is 12.2 Å². The largest absolute Gasteiger partial charge is 0.396 e. The summed E-state index contributed by atoms with van der Waals surface area (Å²) >= 11 is 0. The predicted molar refractivity (Wildman–Crippen MR) is 35.4 cm³/mol. The van der Waals surface area contributed by atoms with E-state index in [-0.39, 0.29) is 13.0 Å². The highest BCUT2D eigenvalue weighted by Crippen LogP contribution is 2.02. The van der Waals surface area contributed by atoms with E-state index >= 15 is 0 Å². The smallest absolute Gasteiger partial charge is 0.105 e. The molecule has 0 spiro atoms. The second kappa shape index (κ2) is 4.62. The SMILES string of the molecule is C[C@@H](O)[C@@H](O)[C@H](O)CCO. The van der Waals surface area contributed by atoms with Crippen LogP contribution in [0.5, 0.6) is 0 Å². The molecule has 4 N–H and O–H groups in total. The minimum absolute atomic E-state index is 0.0894. The van der Waals surface area contributed by atoms with Gasteiger partial charge in [-0.05, 0) is 13.3 Å². The van der Waals surface area contributed by atoms with Crippen LogP contribution in [-0.4, -0.2) is 45.3 Å². The van der Waals surface area contributed by atoms with Crippen LogP contribution in [0.3, 0.4) is 0 Å². The van der Waals surface area contributed by atoms with E-state index in [9.17, 15) is 0 Å². The molecule has 0 aromatic rings. The first kappa shape index (κ1) is 9.84. The molecule has 0 bridgehead atoms. The van der Waals surface area contributed by atoms with Gasteiger partial charge in [0.2, 0.25) is 0 Å². The monoisotopic (exact) mass is 150 g/mol. The van der Waals surface area contributed by atoms with Crippen molar-refractivity contribution >= 4 is 0 Å². The second-order valence-electron chi connectivity index (χ2n) is 2.31. The quantitative estimate of drug-likeness (QED) is 0.392. The lowest BCUT2D eigenvalue weighted by atomic mass is 10.1. The molecule has 0 unspecified atom stereocenters. The van der Waals surface area contributed by atoms with Crippen LogP contribution in [0.25, 0.3) is 0 Å². The Balaban J connectivity index is 3.58. The van der Waals surface area contributed by atoms with Crippen LogP contribution in [0.2, 0.25) is 0 Å². The fourth-order valence-electron chi connectivity index (χ4n) is 0.625. The van der Waals surface area contributed by atoms with Crippen molar-refractivity contribution in [1.29, 1.82) is 0 Å². The zero-order valence-corrected chi connectivity index (χ0v) is 5.94. The van der Waals surface area contributed by atoms with Crippen molar-refractivity contribution in [3.8, 4) is 0 Å². The van der Waals surface area contributed by atoms with Gasteiger partial charge in [0, 0.05) is 6.61 Å². The lowest BCUT2D eigenvalue weighted by Gasteiger charge is -2.18. The minimum Gasteiger partial charge on any atom is -0.396 e. The first-order valence-corrected chi connectivity index (χ1v) is 3.24. The van der Waals surface area contributed by atoms with Gasteiger partial charge in [0.15, 0.2) is 0 Å². The van der Waals surface area contributed by atoms with Crippen LogP contribution in [0.1, 0.15) is 13.3 Å². The maximum absolute atomic E-state index is 8.92. The first-order valence-electron chi connectivity index (χ1n) is 3.24. The van der Waals surface area contributed by atoms with Crippen LogP contribution in [0.4, 0.5) is 0 Å². The summed E-state index contributed by atoms with van der Waals surface area (Å²) in [6.07, 6.45) is -3.06. The highest BCUT2D eigenvalue weighted by molar-refractivity contribution is 4.71. The molecular formula is C6H14O4. The van der Waals surface area contributed by atoms with Crippen LogP contribution in [-0.2, 0) is 0 Å². The molecule has 0 aromatic heterocycles. The van der Waals surface area contributed by atoms with Crippen molar-refractivity contribution in [1.82, 2.24) is 0 Å². The molecule has 4 nitrogen and oxygen atoms in total. The average Bonchev–Trinajstić information content (AvgIpc) is 1.87. The molecule has 0 aliphatic rings. The summed E-state index contributed by atoms with van der Waals surface area (Å²) < 4.78 is 0. The average molecular weight is 150 g/mol. The Bertz CT molecular complexity index is 83.8. The summed E-state index contributed by atoms with van der Waals surface area (Å²) in [4.78, 5) is 0. The highest BCUT2D eigenvalue weighted by atomic mass is 16.4. The standard InChI is InChI=1S/C6H14O4/c1-4(8)6(10)5(9)2-3-7/h4-10H,2-3H2,1H3/t4-,5-,6-/m1/s1. The van der Waals surface area contributed by atoms with Crippen molar-refractivity contribution in [2.75, 3.05) is 6.61 Å². The Kier molecular flexibility index (Phi) is 4.55. The summed E-state index contributed by atoms with van der Waals surface area (Å²) in [7, 11) is 0. The molecule has 10 heavy (non-hydrogen) atoms. The maximum Gasteiger partial charge on any atom is 0.105 e. The van der Waals surface area contributed by atoms with Gasteiger partial charge in [-0.2, -0.15) is 0 Å². The van der Waals surface area contributed by atoms with Gasteiger partial charge in [-0.15, -0.1) is 0 Å². The van der Waals surface area contributed by atoms with E-state index in [0.29, 0.717) is 0 Å². The first-order chi connectivity index (χ1) is 4.59. The van der Waals surface area contributed by atoms with Crippen LogP contribution < -0.4 is 0 Å². The summed E-state index contributed by atoms with van der Waals surface area (Å²) in [5.74, 6) is 0. The normalized spacial score (nSPS) is 20.1. The molecule has 0 aliphatic carbocycles. The molecular weight excluding hydrogens is 136 g/mol. The summed E-state index contributed by atoms with van der Waals surface area (Å²) in [5.41, 5.74) is 0. The highest BCUT2D eigenvalue weighted by Gasteiger charge is 2.19. The molecule has 62 valence electrons. The van der Waals surface area contributed by atoms with Crippen molar-refractivity contribution < 1.29 is 20.4 Å². The Labute approximate surface area is 59.7 Å². The molecule has 3 atom stereocenters. The Morgan fingerprint density at radius 2 is 1.70 bits per heavy atom. The van der Waals surface area contributed by atoms with Gasteiger partial charge < -0.3 is 20.4 Å². The summed E-state index contributed by atoms with van der Waals surface area (Å²) in [6.45, 7) is 1.19. The Morgan fingerprint density at radius 3 is 2.00 bits per heavy atom. The maximum atomic E-state index is 8.92. The van der Waals surface area contributed by atoms with E-state index in [2.05, 4.69) is 0 Å². The number of hydrogen-bond acceptors (Lipinski definition) is 4. The zero-order valence-electron chi connectivity index (χ0n) is 5.94. The molecule has 4 heteroatoms. The summed E-state index contributed by atoms with van der Waals surface area (Å²) in [5, 5.41) is 34.9. The Morgan fingerprint density at radius 1 is 1.20 bits per heavy atom. The molecule has 0 saturated carbocycles. The number of rotatable bonds is 4. The minimum atomic E-state index is -1.16. The molecule has 0 saturated heterocycles. The molecule has 0 aromatic carbocycles. The fourth-order valence-corrected chi connectivity index (χ4v) is 0.625. The third kappa shape index (κ3) is 3.12. The van der Waals surface area contributed by atoms with Gasteiger partial charge in [-0.1, -0.05) is 0 Å². The lowest BCUT2D eigenvalue weighted by Crippen LogP contribution is -2.35. The van der Waals surface area contributed by atoms with Gasteiger partial charge >= 0.3 is 0 Å². The van der Waals surface area contributed by atoms with E-state index in [1.807, 2.05) is 0 Å². The molecule has 0 rings (SSSR count). The van der Waals surface area contributed by atoms with Crippen LogP contribution >= 0.6 is 0 Å². The zero-order chi connectivity index (χ0) is 8.15. The fraction of sp³-hybridized carbons (Fsp3) is 1.00. The molecule has 0 aliphatic heterocycles. The van der Waals surface area contributed by atoms with Crippen LogP contribution in [0.15, 0.2) is 0 Å². The second-order valence-corrected chi connectivity index (χ2v) is 2.31. The summed E-state index contributed by atoms with van der Waals surface area (Å²) in [6, 6.07) is 0. The van der Waals surface area contributed by atoms with Gasteiger partial charge in [0.1, 0.15) is 6.10 Å². The van der Waals surface area contributed by atoms with Gasteiger partial charge in [-0.3, -0.25) is 0 Å². The molecule has 0 fully saturated rings. The van der Waals surface area contributed by atoms with Crippen molar-refractivity contribution in [3.63, 3.8) is 0 Å².